The summed E-state index contributed by atoms with van der Waals surface area (Å²) in [6.07, 6.45) is 3.56. The second-order valence-corrected chi connectivity index (χ2v) is 40.9. The van der Waals surface area contributed by atoms with Gasteiger partial charge in [0.2, 0.25) is 0 Å². The maximum absolute atomic E-state index is 11.6. The van der Waals surface area contributed by atoms with Gasteiger partial charge in [0.25, 0.3) is 0 Å². The van der Waals surface area contributed by atoms with E-state index in [1.165, 1.54) is 37.5 Å². The van der Waals surface area contributed by atoms with Gasteiger partial charge in [0.15, 0.2) is 0 Å². The summed E-state index contributed by atoms with van der Waals surface area (Å²) in [5.74, 6) is -0.253. The van der Waals surface area contributed by atoms with Crippen LogP contribution in [0.15, 0.2) is 54.6 Å². The number of esters is 2. The zero-order chi connectivity index (χ0) is 39.6. The van der Waals surface area contributed by atoms with Crippen molar-refractivity contribution in [1.82, 2.24) is 0 Å². The summed E-state index contributed by atoms with van der Waals surface area (Å²) < 4.78 is 56.0. The maximum atomic E-state index is 11.6. The Kier molecular flexibility index (Phi) is 32.2. The third-order valence-electron chi connectivity index (χ3n) is 6.00. The molecule has 0 aliphatic heterocycles. The van der Waals surface area contributed by atoms with Crippen LogP contribution in [0.1, 0.15) is 52.6 Å². The first-order chi connectivity index (χ1) is 25.3. The molecule has 0 N–H and O–H groups in total. The van der Waals surface area contributed by atoms with Crippen molar-refractivity contribution in [3.63, 3.8) is 0 Å². The summed E-state index contributed by atoms with van der Waals surface area (Å²) in [7, 11) is 27.7. The Balaban J connectivity index is 0. The Bertz CT molecular complexity index is 2220. The fourth-order valence-corrected chi connectivity index (χ4v) is 47.5. The average Bonchev–Trinajstić information content (AvgIpc) is 4.07. The predicted molar refractivity (Wildman–Crippen MR) is 269 cm³/mol. The first kappa shape index (κ1) is 52.6. The number of carbonyl (C=O) groups is 2. The van der Waals surface area contributed by atoms with Gasteiger partial charge in [-0.25, -0.2) is 0 Å². The van der Waals surface area contributed by atoms with Gasteiger partial charge < -0.3 is 26.7 Å². The van der Waals surface area contributed by atoms with Crippen LogP contribution < -0.4 is 0 Å². The van der Waals surface area contributed by atoms with Crippen LogP contribution >= 0.6 is 0 Å². The van der Waals surface area contributed by atoms with Gasteiger partial charge >= 0.3 is 20.6 Å². The van der Waals surface area contributed by atoms with Crippen molar-refractivity contribution in [3.05, 3.63) is 71.3 Å². The quantitative estimate of drug-likeness (QED) is 0.210. The molecule has 0 saturated heterocycles. The summed E-state index contributed by atoms with van der Waals surface area (Å²) in [6, 6.07) is 15.7. The fourth-order valence-electron chi connectivity index (χ4n) is 3.62. The molecule has 53 heavy (non-hydrogen) atoms. The van der Waals surface area contributed by atoms with E-state index in [4.69, 9.17) is 33.2 Å². The molecule has 0 atom stereocenters. The van der Waals surface area contributed by atoms with E-state index >= 15 is 0 Å². The fraction of sp³-hybridized carbons (Fsp3) is 0.417. The molecule has 0 heterocycles. The highest BCUT2D eigenvalue weighted by Crippen LogP contribution is 2.49. The van der Waals surface area contributed by atoms with Gasteiger partial charge in [-0.1, -0.05) is 67.6 Å². The van der Waals surface area contributed by atoms with Crippen LogP contribution in [-0.2, 0) is 212 Å². The molecule has 0 bridgehead atoms. The van der Waals surface area contributed by atoms with Crippen molar-refractivity contribution >= 4 is 201 Å². The number of hydrogen-bond acceptors (Lipinski definition) is 6. The van der Waals surface area contributed by atoms with Gasteiger partial charge in [0.05, 0.1) is 26.4 Å². The van der Waals surface area contributed by atoms with Gasteiger partial charge in [0, 0.05) is 182 Å². The SMILES string of the molecule is C.COC(=O)C1(c2ccc(C)cc2)CC1.F[B-](F)(F)F.S=S=S=S=S=S=S=S=S=S=S=S=S=S=S=S=S=S=S=S.[3H+].[3H]c1ccc(C2(C(=O)OC)CC2)cc1. The highest BCUT2D eigenvalue weighted by molar-refractivity contribution is 8.78. The maximum Gasteiger partial charge on any atom is 1.00 e. The molecular formula is C24H31BF4O4S20. The molecule has 0 spiro atoms. The lowest BCUT2D eigenvalue weighted by atomic mass is 9.95. The molecule has 2 saturated carbocycles. The lowest BCUT2D eigenvalue weighted by molar-refractivity contribution is -0.144. The summed E-state index contributed by atoms with van der Waals surface area (Å²) in [5, 5.41) is 0. The number of aryl methyl sites for hydroxylation is 1. The molecule has 0 radical (unpaired) electrons. The third kappa shape index (κ3) is 25.6. The van der Waals surface area contributed by atoms with E-state index in [1.807, 2.05) is 43.3 Å². The number of benzene rings is 2. The van der Waals surface area contributed by atoms with E-state index in [0.29, 0.717) is 6.04 Å². The molecule has 2 aromatic rings. The Morgan fingerprint density at radius 3 is 1.13 bits per heavy atom. The molecule has 2 aliphatic rings. The molecule has 2 aliphatic carbocycles. The van der Waals surface area contributed by atoms with E-state index in [0.717, 1.165) is 36.8 Å². The van der Waals surface area contributed by atoms with Gasteiger partial charge in [-0.2, -0.15) is 0 Å². The monoisotopic (exact) mass is 1110 g/mol. The van der Waals surface area contributed by atoms with Crippen LogP contribution in [0.4, 0.5) is 17.3 Å². The number of halogens is 4. The molecule has 4 nitrogen and oxygen atoms in total. The normalized spacial score (nSPS) is 13.2. The number of methoxy groups -OCH3 is 2. The molecule has 0 amide bonds. The van der Waals surface area contributed by atoms with E-state index in [-0.39, 0.29) is 26.2 Å². The van der Waals surface area contributed by atoms with Crippen LogP contribution in [-0.4, -0.2) is 33.4 Å². The Hall–Kier alpha value is 1.56. The molecule has 302 valence electrons. The second-order valence-electron chi connectivity index (χ2n) is 9.02. The van der Waals surface area contributed by atoms with Gasteiger partial charge in [-0.3, -0.25) is 9.59 Å². The molecule has 2 fully saturated rings. The molecule has 2 aromatic carbocycles. The van der Waals surface area contributed by atoms with Crippen molar-refractivity contribution < 1.29 is 39.1 Å². The van der Waals surface area contributed by atoms with Gasteiger partial charge in [-0.15, -0.1) is 0 Å². The lowest BCUT2D eigenvalue weighted by Crippen LogP contribution is -2.21. The molecule has 4 rings (SSSR count). The zero-order valence-corrected chi connectivity index (χ0v) is 42.7. The van der Waals surface area contributed by atoms with Crippen molar-refractivity contribution in [2.24, 2.45) is 0 Å². The minimum atomic E-state index is -6.00. The van der Waals surface area contributed by atoms with Crippen LogP contribution in [0.3, 0.4) is 0 Å². The van der Waals surface area contributed by atoms with Crippen molar-refractivity contribution in [2.45, 2.75) is 50.9 Å². The number of rotatable bonds is 4. The van der Waals surface area contributed by atoms with Crippen LogP contribution in [0, 0.1) is 6.92 Å². The van der Waals surface area contributed by atoms with Crippen molar-refractivity contribution in [1.29, 1.82) is 0 Å². The summed E-state index contributed by atoms with van der Waals surface area (Å²) in [4.78, 5) is 23.1. The minimum Gasteiger partial charge on any atom is -0.468 e. The van der Waals surface area contributed by atoms with Crippen LogP contribution in [0.5, 0.6) is 0 Å². The molecule has 0 aromatic heterocycles. The smallest absolute Gasteiger partial charge is 0.468 e. The standard InChI is InChI=1S/C12H14O2.C11H12O2.CH4.BF4.S20/c1-9-3-5-10(6-4-9)12(7-8-12)11(13)14-2;1-13-10(12)11(7-8-11)9-5-3-2-4-6-9;;2-1(3,4)5;1-3-5-7-9-11-13-15-17-19-20-18-16-14-12-10-8-6-4-2/h3-6H,7-8H2,1-2H3;2-6H,7-8H2,1H3;1H4;;/q;;;-1;/p+1/i;2T;;;/hT. The van der Waals surface area contributed by atoms with Crippen LogP contribution in [0.2, 0.25) is 0 Å². The highest BCUT2D eigenvalue weighted by atomic mass is 33.5. The van der Waals surface area contributed by atoms with Crippen LogP contribution in [0.25, 0.3) is 0 Å². The number of hydrogen-bond donors (Lipinski definition) is 0. The Morgan fingerprint density at radius 2 is 0.887 bits per heavy atom. The summed E-state index contributed by atoms with van der Waals surface area (Å²) >= 11 is 9.51. The Morgan fingerprint density at radius 1 is 0.623 bits per heavy atom. The third-order valence-corrected chi connectivity index (χ3v) is 43.8. The first-order valence-electron chi connectivity index (χ1n) is 13.7. The zero-order valence-electron chi connectivity index (χ0n) is 28.3. The second kappa shape index (κ2) is 32.4. The van der Waals surface area contributed by atoms with E-state index in [2.05, 4.69) is 0 Å². The number of carbonyl (C=O) groups excluding carboxylic acids is 2. The highest BCUT2D eigenvalue weighted by Gasteiger charge is 2.53. The number of ether oxygens (including phenoxy) is 2. The first-order valence-corrected chi connectivity index (χ1v) is 38.6. The largest absolute Gasteiger partial charge is 1.00 e. The average molecular weight is 1120 g/mol. The van der Waals surface area contributed by atoms with E-state index < -0.39 is 12.7 Å². The molecule has 0 unspecified atom stereocenters. The minimum absolute atomic E-state index is 0. The van der Waals surface area contributed by atoms with Gasteiger partial charge in [-0.05, 0) is 43.7 Å². The van der Waals surface area contributed by atoms with Crippen molar-refractivity contribution in [2.75, 3.05) is 14.2 Å². The van der Waals surface area contributed by atoms with Gasteiger partial charge in [0.1, 0.15) is 0 Å². The van der Waals surface area contributed by atoms with E-state index in [9.17, 15) is 26.9 Å². The molecular weight excluding hydrogens is 1080 g/mol. The summed E-state index contributed by atoms with van der Waals surface area (Å²) in [6.45, 7) is 2.04. The topological polar surface area (TPSA) is 52.6 Å². The van der Waals surface area contributed by atoms with E-state index in [1.54, 1.807) is 154 Å². The summed E-state index contributed by atoms with van der Waals surface area (Å²) in [5.41, 5.74) is 2.56. The Labute approximate surface area is 371 Å². The molecule has 29 heteroatoms. The van der Waals surface area contributed by atoms with Crippen molar-refractivity contribution in [3.8, 4) is 0 Å². The lowest BCUT2D eigenvalue weighted by Gasteiger charge is -2.12. The predicted octanol–water partition coefficient (Wildman–Crippen LogP) is 6.09.